The van der Waals surface area contributed by atoms with E-state index in [1.807, 2.05) is 0 Å². The zero-order valence-corrected chi connectivity index (χ0v) is 17.1. The van der Waals surface area contributed by atoms with Crippen molar-refractivity contribution < 1.29 is 4.43 Å². The Hall–Kier alpha value is 0.137. The Labute approximate surface area is 140 Å². The Morgan fingerprint density at radius 3 is 2.14 bits per heavy atom. The minimum atomic E-state index is -1.66. The van der Waals surface area contributed by atoms with E-state index < -0.39 is 8.32 Å². The molecule has 2 atom stereocenters. The van der Waals surface area contributed by atoms with Crippen LogP contribution in [-0.2, 0) is 4.43 Å². The third kappa shape index (κ3) is 3.18. The van der Waals surface area contributed by atoms with Crippen LogP contribution >= 0.6 is 0 Å². The zero-order valence-electron chi connectivity index (χ0n) is 16.1. The van der Waals surface area contributed by atoms with Crippen molar-refractivity contribution >= 4 is 8.32 Å². The van der Waals surface area contributed by atoms with Gasteiger partial charge in [0.05, 0.1) is 0 Å². The quantitative estimate of drug-likeness (QED) is 0.578. The number of rotatable bonds is 7. The van der Waals surface area contributed by atoms with Gasteiger partial charge in [0.25, 0.3) is 0 Å². The standard InChI is InChI=1S/C19H39NOSi/c1-15(2)22(16(3)4,17(5)6)21-13-10-18-14-19(18)11-8-9-12-20(19)7/h15-18H,8-14H2,1-7H3/t18?,19-/m0/s1. The fourth-order valence-corrected chi connectivity index (χ4v) is 11.1. The van der Waals surface area contributed by atoms with Crippen molar-refractivity contribution in [3.8, 4) is 0 Å². The molecule has 0 N–H and O–H groups in total. The van der Waals surface area contributed by atoms with E-state index in [2.05, 4.69) is 53.5 Å². The molecular weight excluding hydrogens is 286 g/mol. The molecule has 1 aliphatic carbocycles. The smallest absolute Gasteiger partial charge is 0.200 e. The number of hydrogen-bond donors (Lipinski definition) is 0. The third-order valence-corrected chi connectivity index (χ3v) is 13.0. The van der Waals surface area contributed by atoms with Gasteiger partial charge in [-0.1, -0.05) is 48.0 Å². The number of piperidine rings is 1. The first kappa shape index (κ1) is 18.5. The van der Waals surface area contributed by atoms with E-state index in [1.165, 1.54) is 38.6 Å². The van der Waals surface area contributed by atoms with E-state index >= 15 is 0 Å². The summed E-state index contributed by atoms with van der Waals surface area (Å²) in [6.45, 7) is 16.6. The van der Waals surface area contributed by atoms with Crippen LogP contribution in [0.2, 0.25) is 16.6 Å². The van der Waals surface area contributed by atoms with Crippen LogP contribution in [0.3, 0.4) is 0 Å². The molecule has 2 fully saturated rings. The topological polar surface area (TPSA) is 12.5 Å². The van der Waals surface area contributed by atoms with Gasteiger partial charge in [0, 0.05) is 12.1 Å². The molecular formula is C19H39NOSi. The molecule has 3 heteroatoms. The molecule has 0 aromatic carbocycles. The number of nitrogens with zero attached hydrogens (tertiary/aromatic N) is 1. The van der Waals surface area contributed by atoms with E-state index in [0.29, 0.717) is 22.2 Å². The van der Waals surface area contributed by atoms with Crippen LogP contribution in [0.25, 0.3) is 0 Å². The highest BCUT2D eigenvalue weighted by molar-refractivity contribution is 6.77. The van der Waals surface area contributed by atoms with E-state index in [4.69, 9.17) is 4.43 Å². The van der Waals surface area contributed by atoms with Crippen LogP contribution in [-0.4, -0.2) is 39.0 Å². The Bertz CT molecular complexity index is 347. The van der Waals surface area contributed by atoms with Crippen LogP contribution in [0, 0.1) is 5.92 Å². The van der Waals surface area contributed by atoms with Gasteiger partial charge in [0.15, 0.2) is 8.32 Å². The highest BCUT2D eigenvalue weighted by Gasteiger charge is 2.56. The van der Waals surface area contributed by atoms with Crippen LogP contribution in [0.1, 0.15) is 73.6 Å². The summed E-state index contributed by atoms with van der Waals surface area (Å²) in [5, 5.41) is 0. The lowest BCUT2D eigenvalue weighted by Gasteiger charge is -2.42. The van der Waals surface area contributed by atoms with Crippen molar-refractivity contribution in [2.45, 2.75) is 95.8 Å². The Morgan fingerprint density at radius 2 is 1.64 bits per heavy atom. The average Bonchev–Trinajstić information content (AvgIpc) is 3.11. The van der Waals surface area contributed by atoms with Gasteiger partial charge in [-0.15, -0.1) is 0 Å². The van der Waals surface area contributed by atoms with Gasteiger partial charge in [-0.05, 0) is 61.8 Å². The van der Waals surface area contributed by atoms with Crippen molar-refractivity contribution in [1.82, 2.24) is 4.90 Å². The second-order valence-corrected chi connectivity index (χ2v) is 14.3. The summed E-state index contributed by atoms with van der Waals surface area (Å²) < 4.78 is 6.75. The highest BCUT2D eigenvalue weighted by atomic mass is 28.4. The maximum absolute atomic E-state index is 6.75. The normalized spacial score (nSPS) is 30.0. The van der Waals surface area contributed by atoms with Crippen molar-refractivity contribution in [2.24, 2.45) is 5.92 Å². The first-order valence-corrected chi connectivity index (χ1v) is 11.8. The summed E-state index contributed by atoms with van der Waals surface area (Å²) in [7, 11) is 0.684. The molecule has 0 amide bonds. The number of hydrogen-bond acceptors (Lipinski definition) is 2. The lowest BCUT2D eigenvalue weighted by molar-refractivity contribution is 0.142. The van der Waals surface area contributed by atoms with Crippen molar-refractivity contribution in [1.29, 1.82) is 0 Å². The van der Waals surface area contributed by atoms with Gasteiger partial charge in [-0.2, -0.15) is 0 Å². The van der Waals surface area contributed by atoms with Crippen LogP contribution in [0.4, 0.5) is 0 Å². The molecule has 1 unspecified atom stereocenters. The Balaban J connectivity index is 1.89. The summed E-state index contributed by atoms with van der Waals surface area (Å²) in [6.07, 6.45) is 6.96. The molecule has 2 aliphatic rings. The van der Waals surface area contributed by atoms with Gasteiger partial charge >= 0.3 is 0 Å². The van der Waals surface area contributed by atoms with Gasteiger partial charge in [-0.25, -0.2) is 0 Å². The van der Waals surface area contributed by atoms with Crippen LogP contribution < -0.4 is 0 Å². The number of likely N-dealkylation sites (tertiary alicyclic amines) is 1. The molecule has 0 bridgehead atoms. The average molecular weight is 326 g/mol. The molecule has 0 radical (unpaired) electrons. The Morgan fingerprint density at radius 1 is 1.05 bits per heavy atom. The monoisotopic (exact) mass is 325 g/mol. The molecule has 0 aromatic heterocycles. The minimum Gasteiger partial charge on any atom is -0.416 e. The molecule has 22 heavy (non-hydrogen) atoms. The fourth-order valence-electron chi connectivity index (χ4n) is 5.58. The van der Waals surface area contributed by atoms with Gasteiger partial charge in [-0.3, -0.25) is 0 Å². The molecule has 1 heterocycles. The molecule has 2 rings (SSSR count). The summed E-state index contributed by atoms with van der Waals surface area (Å²) in [4.78, 5) is 2.65. The summed E-state index contributed by atoms with van der Waals surface area (Å²) in [5.41, 5.74) is 2.69. The van der Waals surface area contributed by atoms with Crippen LogP contribution in [0.15, 0.2) is 0 Å². The zero-order chi connectivity index (χ0) is 16.5. The minimum absolute atomic E-state index is 0.569. The lowest BCUT2D eigenvalue weighted by atomic mass is 9.97. The van der Waals surface area contributed by atoms with E-state index in [0.717, 1.165) is 12.5 Å². The maximum Gasteiger partial charge on any atom is 0.200 e. The van der Waals surface area contributed by atoms with Gasteiger partial charge in [0.1, 0.15) is 0 Å². The Kier molecular flexibility index (Phi) is 5.83. The van der Waals surface area contributed by atoms with E-state index in [1.54, 1.807) is 0 Å². The van der Waals surface area contributed by atoms with Crippen molar-refractivity contribution in [2.75, 3.05) is 20.2 Å². The molecule has 1 saturated heterocycles. The molecule has 130 valence electrons. The first-order chi connectivity index (χ1) is 10.3. The van der Waals surface area contributed by atoms with E-state index in [-0.39, 0.29) is 0 Å². The summed E-state index contributed by atoms with van der Waals surface area (Å²) in [5.74, 6) is 0.899. The predicted octanol–water partition coefficient (Wildman–Crippen LogP) is 5.44. The summed E-state index contributed by atoms with van der Waals surface area (Å²) >= 11 is 0. The predicted molar refractivity (Wildman–Crippen MR) is 98.9 cm³/mol. The largest absolute Gasteiger partial charge is 0.416 e. The second-order valence-electron chi connectivity index (χ2n) is 8.84. The van der Waals surface area contributed by atoms with Crippen LogP contribution in [0.5, 0.6) is 0 Å². The van der Waals surface area contributed by atoms with Gasteiger partial charge in [0.2, 0.25) is 0 Å². The fraction of sp³-hybridized carbons (Fsp3) is 1.00. The molecule has 1 spiro atoms. The molecule has 0 aromatic rings. The lowest BCUT2D eigenvalue weighted by Crippen LogP contribution is -2.48. The first-order valence-electron chi connectivity index (χ1n) is 9.62. The van der Waals surface area contributed by atoms with Crippen molar-refractivity contribution in [3.05, 3.63) is 0 Å². The molecule has 1 saturated carbocycles. The van der Waals surface area contributed by atoms with Crippen molar-refractivity contribution in [3.63, 3.8) is 0 Å². The highest BCUT2D eigenvalue weighted by Crippen LogP contribution is 2.55. The third-order valence-electron chi connectivity index (χ3n) is 6.84. The molecule has 2 nitrogen and oxygen atoms in total. The second kappa shape index (κ2) is 6.94. The SMILES string of the molecule is CC(C)[Si](OCCC1C[C@@]12CCCCN2C)(C(C)C)C(C)C. The van der Waals surface area contributed by atoms with Gasteiger partial charge < -0.3 is 9.33 Å². The van der Waals surface area contributed by atoms with E-state index in [9.17, 15) is 0 Å². The molecule has 1 aliphatic heterocycles. The maximum atomic E-state index is 6.75. The summed E-state index contributed by atoms with van der Waals surface area (Å²) in [6, 6.07) is 0.